The van der Waals surface area contributed by atoms with Gasteiger partial charge < -0.3 is 10.1 Å². The van der Waals surface area contributed by atoms with E-state index in [9.17, 15) is 19.2 Å². The van der Waals surface area contributed by atoms with E-state index >= 15 is 0 Å². The molecule has 3 amide bonds. The molecular formula is C24H24N2O5. The minimum atomic E-state index is -0.697. The molecule has 7 heteroatoms. The van der Waals surface area contributed by atoms with Gasteiger partial charge in [0.2, 0.25) is 11.8 Å². The van der Waals surface area contributed by atoms with E-state index in [1.165, 1.54) is 17.0 Å². The molecule has 31 heavy (non-hydrogen) atoms. The third-order valence-electron chi connectivity index (χ3n) is 5.85. The zero-order valence-corrected chi connectivity index (χ0v) is 17.3. The van der Waals surface area contributed by atoms with Crippen LogP contribution in [0.3, 0.4) is 0 Å². The summed E-state index contributed by atoms with van der Waals surface area (Å²) >= 11 is 0. The van der Waals surface area contributed by atoms with Crippen LogP contribution in [0.5, 0.6) is 0 Å². The Kier molecular flexibility index (Phi) is 5.84. The molecule has 2 aromatic carbocycles. The quantitative estimate of drug-likeness (QED) is 0.591. The maximum atomic E-state index is 12.8. The fourth-order valence-electron chi connectivity index (χ4n) is 4.24. The number of rotatable bonds is 5. The summed E-state index contributed by atoms with van der Waals surface area (Å²) in [6, 6.07) is 13.5. The lowest BCUT2D eigenvalue weighted by Gasteiger charge is -2.19. The van der Waals surface area contributed by atoms with Crippen molar-refractivity contribution in [2.24, 2.45) is 11.8 Å². The number of ether oxygens (including phenoxy) is 1. The number of anilines is 2. The van der Waals surface area contributed by atoms with Crippen LogP contribution in [0.1, 0.15) is 41.6 Å². The largest absolute Gasteiger partial charge is 0.452 e. The average Bonchev–Trinajstić information content (AvgIpc) is 3.04. The molecule has 2 fully saturated rings. The number of nitrogens with zero attached hydrogens (tertiary/aromatic N) is 1. The Bertz CT molecular complexity index is 1010. The minimum absolute atomic E-state index is 0.177. The summed E-state index contributed by atoms with van der Waals surface area (Å²) < 4.78 is 5.11. The van der Waals surface area contributed by atoms with Crippen LogP contribution in [-0.4, -0.2) is 30.3 Å². The van der Waals surface area contributed by atoms with E-state index in [0.29, 0.717) is 11.4 Å². The summed E-state index contributed by atoms with van der Waals surface area (Å²) in [4.78, 5) is 51.2. The summed E-state index contributed by atoms with van der Waals surface area (Å²) in [5, 5.41) is 2.66. The first kappa shape index (κ1) is 20.8. The molecule has 1 saturated carbocycles. The monoisotopic (exact) mass is 420 g/mol. The van der Waals surface area contributed by atoms with Crippen LogP contribution in [0.2, 0.25) is 0 Å². The van der Waals surface area contributed by atoms with E-state index in [2.05, 4.69) is 5.32 Å². The third-order valence-corrected chi connectivity index (χ3v) is 5.85. The summed E-state index contributed by atoms with van der Waals surface area (Å²) in [6.45, 7) is 1.50. The number of benzene rings is 2. The maximum Gasteiger partial charge on any atom is 0.338 e. The number of amides is 3. The van der Waals surface area contributed by atoms with Gasteiger partial charge in [0.15, 0.2) is 6.61 Å². The number of fused-ring (bicyclic) bond motifs is 1. The van der Waals surface area contributed by atoms with Crippen LogP contribution in [0, 0.1) is 18.8 Å². The molecule has 1 aliphatic carbocycles. The highest BCUT2D eigenvalue weighted by Crippen LogP contribution is 2.40. The molecule has 7 nitrogen and oxygen atoms in total. The lowest BCUT2D eigenvalue weighted by Crippen LogP contribution is -2.31. The highest BCUT2D eigenvalue weighted by molar-refractivity contribution is 6.22. The van der Waals surface area contributed by atoms with Gasteiger partial charge in [0, 0.05) is 5.69 Å². The highest BCUT2D eigenvalue weighted by Gasteiger charge is 2.48. The second-order valence-electron chi connectivity index (χ2n) is 8.05. The van der Waals surface area contributed by atoms with Crippen molar-refractivity contribution in [3.63, 3.8) is 0 Å². The number of aryl methyl sites for hydroxylation is 1. The smallest absolute Gasteiger partial charge is 0.338 e. The van der Waals surface area contributed by atoms with Gasteiger partial charge in [0.25, 0.3) is 5.91 Å². The van der Waals surface area contributed by atoms with Crippen molar-refractivity contribution >= 4 is 35.1 Å². The predicted octanol–water partition coefficient (Wildman–Crippen LogP) is 3.47. The number of imide groups is 1. The fourth-order valence-corrected chi connectivity index (χ4v) is 4.24. The van der Waals surface area contributed by atoms with E-state index in [-0.39, 0.29) is 29.2 Å². The van der Waals surface area contributed by atoms with E-state index in [1.54, 1.807) is 24.3 Å². The maximum absolute atomic E-state index is 12.8. The second kappa shape index (κ2) is 8.71. The zero-order chi connectivity index (χ0) is 22.0. The molecule has 1 heterocycles. The summed E-state index contributed by atoms with van der Waals surface area (Å²) in [5.74, 6) is -2.07. The summed E-state index contributed by atoms with van der Waals surface area (Å²) in [7, 11) is 0. The molecule has 2 atom stereocenters. The van der Waals surface area contributed by atoms with Crippen molar-refractivity contribution in [2.75, 3.05) is 16.8 Å². The molecule has 1 aliphatic heterocycles. The number of hydrogen-bond acceptors (Lipinski definition) is 5. The summed E-state index contributed by atoms with van der Waals surface area (Å²) in [6.07, 6.45) is 3.35. The van der Waals surface area contributed by atoms with Gasteiger partial charge in [-0.3, -0.25) is 19.3 Å². The fraction of sp³-hybridized carbons (Fsp3) is 0.333. The van der Waals surface area contributed by atoms with E-state index in [0.717, 1.165) is 31.2 Å². The van der Waals surface area contributed by atoms with Gasteiger partial charge in [-0.25, -0.2) is 4.79 Å². The second-order valence-corrected chi connectivity index (χ2v) is 8.05. The number of nitrogens with one attached hydrogen (secondary N) is 1. The number of hydrogen-bond donors (Lipinski definition) is 1. The van der Waals surface area contributed by atoms with Crippen LogP contribution >= 0.6 is 0 Å². The van der Waals surface area contributed by atoms with Gasteiger partial charge in [-0.2, -0.15) is 0 Å². The molecule has 1 saturated heterocycles. The van der Waals surface area contributed by atoms with Gasteiger partial charge in [0.05, 0.1) is 23.1 Å². The van der Waals surface area contributed by atoms with Crippen molar-refractivity contribution < 1.29 is 23.9 Å². The standard InChI is InChI=1S/C24H24N2O5/c1-15-9-11-17(12-10-15)25-21(27)14-31-24(30)16-5-4-6-18(13-16)26-22(28)19-7-2-3-8-20(19)23(26)29/h4-6,9-13,19-20H,2-3,7-8,14H2,1H3,(H,25,27)/t19-,20+. The van der Waals surface area contributed by atoms with Crippen molar-refractivity contribution in [3.05, 3.63) is 59.7 Å². The van der Waals surface area contributed by atoms with E-state index < -0.39 is 18.5 Å². The lowest BCUT2D eigenvalue weighted by atomic mass is 9.81. The Morgan fingerprint density at radius 2 is 1.65 bits per heavy atom. The van der Waals surface area contributed by atoms with Gasteiger partial charge in [-0.15, -0.1) is 0 Å². The first-order chi connectivity index (χ1) is 14.9. The van der Waals surface area contributed by atoms with Crippen molar-refractivity contribution in [1.82, 2.24) is 0 Å². The Hall–Kier alpha value is -3.48. The Morgan fingerprint density at radius 3 is 2.29 bits per heavy atom. The Morgan fingerprint density at radius 1 is 1.00 bits per heavy atom. The van der Waals surface area contributed by atoms with Gasteiger partial charge in [0.1, 0.15) is 0 Å². The number of carbonyl (C=O) groups is 4. The zero-order valence-electron chi connectivity index (χ0n) is 17.3. The summed E-state index contributed by atoms with van der Waals surface area (Å²) in [5.41, 5.74) is 2.22. The molecule has 2 aromatic rings. The molecule has 0 aromatic heterocycles. The first-order valence-corrected chi connectivity index (χ1v) is 10.5. The molecule has 4 rings (SSSR count). The first-order valence-electron chi connectivity index (χ1n) is 10.5. The van der Waals surface area contributed by atoms with E-state index in [4.69, 9.17) is 4.74 Å². The van der Waals surface area contributed by atoms with Crippen molar-refractivity contribution in [3.8, 4) is 0 Å². The molecule has 0 unspecified atom stereocenters. The van der Waals surface area contributed by atoms with Crippen LogP contribution in [-0.2, 0) is 19.1 Å². The molecule has 0 radical (unpaired) electrons. The Labute approximate surface area is 180 Å². The van der Waals surface area contributed by atoms with Crippen molar-refractivity contribution in [2.45, 2.75) is 32.6 Å². The molecule has 0 spiro atoms. The molecular weight excluding hydrogens is 396 g/mol. The Balaban J connectivity index is 1.40. The topological polar surface area (TPSA) is 92.8 Å². The molecule has 2 aliphatic rings. The highest BCUT2D eigenvalue weighted by atomic mass is 16.5. The lowest BCUT2D eigenvalue weighted by molar-refractivity contribution is -0.122. The van der Waals surface area contributed by atoms with Crippen LogP contribution in [0.25, 0.3) is 0 Å². The normalized spacial score (nSPS) is 20.4. The van der Waals surface area contributed by atoms with Crippen LogP contribution in [0.4, 0.5) is 11.4 Å². The molecule has 160 valence electrons. The SMILES string of the molecule is Cc1ccc(NC(=O)COC(=O)c2cccc(N3C(=O)[C@H]4CCCC[C@H]4C3=O)c2)cc1. The van der Waals surface area contributed by atoms with E-state index in [1.807, 2.05) is 19.1 Å². The van der Waals surface area contributed by atoms with Gasteiger partial charge in [-0.05, 0) is 50.1 Å². The number of carbonyl (C=O) groups excluding carboxylic acids is 4. The van der Waals surface area contributed by atoms with Crippen molar-refractivity contribution in [1.29, 1.82) is 0 Å². The van der Waals surface area contributed by atoms with Gasteiger partial charge >= 0.3 is 5.97 Å². The van der Waals surface area contributed by atoms with Crippen LogP contribution in [0.15, 0.2) is 48.5 Å². The predicted molar refractivity (Wildman–Crippen MR) is 114 cm³/mol. The minimum Gasteiger partial charge on any atom is -0.452 e. The number of esters is 1. The third kappa shape index (κ3) is 4.35. The average molecular weight is 420 g/mol. The van der Waals surface area contributed by atoms with Crippen LogP contribution < -0.4 is 10.2 Å². The van der Waals surface area contributed by atoms with Gasteiger partial charge in [-0.1, -0.05) is 36.6 Å². The molecule has 0 bridgehead atoms. The molecule has 1 N–H and O–H groups in total.